The highest BCUT2D eigenvalue weighted by molar-refractivity contribution is 5.80. The van der Waals surface area contributed by atoms with Crippen LogP contribution in [0.3, 0.4) is 0 Å². The van der Waals surface area contributed by atoms with Crippen LogP contribution in [0.2, 0.25) is 0 Å². The molecule has 60 heavy (non-hydrogen) atoms. The summed E-state index contributed by atoms with van der Waals surface area (Å²) in [7, 11) is 0. The summed E-state index contributed by atoms with van der Waals surface area (Å²) in [6.45, 7) is 20.5. The molecule has 0 radical (unpaired) electrons. The van der Waals surface area contributed by atoms with E-state index in [9.17, 15) is 33.6 Å². The van der Waals surface area contributed by atoms with Crippen molar-refractivity contribution in [2.45, 2.75) is 222 Å². The van der Waals surface area contributed by atoms with E-state index in [2.05, 4.69) is 0 Å². The molecule has 2 saturated carbocycles. The van der Waals surface area contributed by atoms with Gasteiger partial charge in [-0.25, -0.2) is 0 Å². The summed E-state index contributed by atoms with van der Waals surface area (Å²) in [5.41, 5.74) is -2.16. The second-order valence-electron chi connectivity index (χ2n) is 19.4. The Kier molecular flexibility index (Phi) is 20.0. The van der Waals surface area contributed by atoms with Gasteiger partial charge < -0.3 is 33.2 Å². The molecular weight excluding hydrogens is 776 g/mol. The largest absolute Gasteiger partial charge is 0.453 e. The van der Waals surface area contributed by atoms with Gasteiger partial charge in [0.25, 0.3) is 0 Å². The van der Waals surface area contributed by atoms with Crippen LogP contribution in [0.25, 0.3) is 0 Å². The highest BCUT2D eigenvalue weighted by Crippen LogP contribution is 2.56. The summed E-state index contributed by atoms with van der Waals surface area (Å²) in [6.07, 6.45) is 2.88. The van der Waals surface area contributed by atoms with E-state index in [1.807, 2.05) is 13.8 Å². The highest BCUT2D eigenvalue weighted by Gasteiger charge is 2.85. The van der Waals surface area contributed by atoms with Crippen LogP contribution in [-0.2, 0) is 66.7 Å². The lowest BCUT2D eigenvalue weighted by Gasteiger charge is -2.57. The number of carbonyl (C=O) groups excluding carboxylic acids is 7. The van der Waals surface area contributed by atoms with E-state index in [0.717, 1.165) is 12.8 Å². The average molecular weight is 853 g/mol. The van der Waals surface area contributed by atoms with Crippen LogP contribution in [0, 0.1) is 28.6 Å². The first-order chi connectivity index (χ1) is 27.9. The van der Waals surface area contributed by atoms with Crippen molar-refractivity contribution in [1.29, 1.82) is 0 Å². The van der Waals surface area contributed by atoms with Crippen LogP contribution in [0.5, 0.6) is 0 Å². The number of esters is 7. The molecule has 14 nitrogen and oxygen atoms in total. The van der Waals surface area contributed by atoms with E-state index >= 15 is 0 Å². The third-order valence-corrected chi connectivity index (χ3v) is 10.7. The average Bonchev–Trinajstić information content (AvgIpc) is 3.67. The Morgan fingerprint density at radius 2 is 1.18 bits per heavy atom. The SMILES string of the molecule is CCCCCCC(=O)OC1(OC(=O)C2CCCC2)CCC(OC(=O)C(C)CC)C(OC(=O)CC(C)C)(OC(=O)C(C)(C)C)C1(OC(=O)CCCCC)OC(=O)CC(C)(C)C. The van der Waals surface area contributed by atoms with Crippen molar-refractivity contribution in [2.24, 2.45) is 28.6 Å². The third-order valence-electron chi connectivity index (χ3n) is 10.7. The summed E-state index contributed by atoms with van der Waals surface area (Å²) < 4.78 is 44.3. The van der Waals surface area contributed by atoms with E-state index in [1.54, 1.807) is 48.5 Å². The van der Waals surface area contributed by atoms with E-state index in [1.165, 1.54) is 20.8 Å². The molecule has 0 heterocycles. The summed E-state index contributed by atoms with van der Waals surface area (Å²) in [6, 6.07) is 0. The minimum atomic E-state index is -3.41. The molecule has 2 aliphatic carbocycles. The van der Waals surface area contributed by atoms with Crippen LogP contribution in [0.4, 0.5) is 0 Å². The molecule has 344 valence electrons. The smallest absolute Gasteiger partial charge is 0.418 e. The van der Waals surface area contributed by atoms with Crippen molar-refractivity contribution >= 4 is 41.8 Å². The van der Waals surface area contributed by atoms with Gasteiger partial charge in [0.05, 0.1) is 23.7 Å². The van der Waals surface area contributed by atoms with Gasteiger partial charge in [0.15, 0.2) is 6.10 Å². The van der Waals surface area contributed by atoms with Gasteiger partial charge in [-0.15, -0.1) is 0 Å². The molecule has 0 saturated heterocycles. The number of rotatable bonds is 22. The maximum Gasteiger partial charge on any atom is 0.418 e. The van der Waals surface area contributed by atoms with Crippen molar-refractivity contribution in [1.82, 2.24) is 0 Å². The van der Waals surface area contributed by atoms with Crippen LogP contribution in [0.1, 0.15) is 199 Å². The normalized spacial score (nSPS) is 23.9. The maximum absolute atomic E-state index is 14.6. The lowest BCUT2D eigenvalue weighted by Crippen LogP contribution is -2.82. The first kappa shape index (κ1) is 52.4. The third kappa shape index (κ3) is 14.5. The summed E-state index contributed by atoms with van der Waals surface area (Å²) in [4.78, 5) is 100. The van der Waals surface area contributed by atoms with Crippen molar-refractivity contribution in [3.05, 3.63) is 0 Å². The highest BCUT2D eigenvalue weighted by atomic mass is 16.9. The molecule has 0 aliphatic heterocycles. The number of hydrogen-bond donors (Lipinski definition) is 0. The van der Waals surface area contributed by atoms with Crippen LogP contribution in [-0.4, -0.2) is 65.3 Å². The van der Waals surface area contributed by atoms with Gasteiger partial charge in [0, 0.05) is 32.1 Å². The topological polar surface area (TPSA) is 184 Å². The van der Waals surface area contributed by atoms with Crippen molar-refractivity contribution in [2.75, 3.05) is 0 Å². The minimum Gasteiger partial charge on any atom is -0.453 e. The Balaban J connectivity index is 3.34. The zero-order valence-electron chi connectivity index (χ0n) is 38.8. The molecule has 0 aromatic heterocycles. The van der Waals surface area contributed by atoms with Gasteiger partial charge in [0.2, 0.25) is 0 Å². The van der Waals surface area contributed by atoms with Gasteiger partial charge in [-0.3, -0.25) is 33.6 Å². The summed E-state index contributed by atoms with van der Waals surface area (Å²) in [5.74, 6) is -18.1. The Morgan fingerprint density at radius 1 is 0.633 bits per heavy atom. The monoisotopic (exact) mass is 853 g/mol. The fourth-order valence-corrected chi connectivity index (χ4v) is 7.11. The Labute approximate surface area is 358 Å². The number of ether oxygens (including phenoxy) is 7. The lowest BCUT2D eigenvalue weighted by molar-refractivity contribution is -0.476. The van der Waals surface area contributed by atoms with Crippen molar-refractivity contribution in [3.63, 3.8) is 0 Å². The second kappa shape index (κ2) is 22.9. The Morgan fingerprint density at radius 3 is 1.72 bits per heavy atom. The molecule has 14 heteroatoms. The Hall–Kier alpha value is -3.71. The van der Waals surface area contributed by atoms with Crippen molar-refractivity contribution in [3.8, 4) is 0 Å². The second-order valence-corrected chi connectivity index (χ2v) is 19.4. The summed E-state index contributed by atoms with van der Waals surface area (Å²) >= 11 is 0. The molecule has 0 amide bonds. The lowest BCUT2D eigenvalue weighted by atomic mass is 9.78. The molecule has 0 N–H and O–H groups in total. The van der Waals surface area contributed by atoms with E-state index in [-0.39, 0.29) is 31.6 Å². The molecule has 0 bridgehead atoms. The molecule has 0 aromatic carbocycles. The molecule has 0 spiro atoms. The van der Waals surface area contributed by atoms with E-state index in [4.69, 9.17) is 33.2 Å². The maximum atomic E-state index is 14.6. The van der Waals surface area contributed by atoms with E-state index in [0.29, 0.717) is 64.2 Å². The zero-order valence-corrected chi connectivity index (χ0v) is 38.8. The molecule has 0 aromatic rings. The minimum absolute atomic E-state index is 0.187. The number of hydrogen-bond acceptors (Lipinski definition) is 14. The fraction of sp³-hybridized carbons (Fsp3) is 0.848. The fourth-order valence-electron chi connectivity index (χ4n) is 7.11. The van der Waals surface area contributed by atoms with Gasteiger partial charge in [0.1, 0.15) is 0 Å². The summed E-state index contributed by atoms with van der Waals surface area (Å²) in [5, 5.41) is 0. The zero-order chi connectivity index (χ0) is 45.5. The standard InChI is InChI=1S/C46H76O14/c1-13-16-18-20-26-35(47)55-44(59-40(52)33-23-21-22-24-33)28-27-34(54-39(51)32(6)15-3)45(56-37(49)29-31(4)5,60-41(53)43(10,11)12)46(44,57-36(48)25-19-17-14-2)58-38(50)30-42(7,8)9/h31-34H,13-30H2,1-12H3. The predicted octanol–water partition coefficient (Wildman–Crippen LogP) is 9.36. The molecule has 5 atom stereocenters. The first-order valence-electron chi connectivity index (χ1n) is 22.5. The van der Waals surface area contributed by atoms with Crippen LogP contribution < -0.4 is 0 Å². The van der Waals surface area contributed by atoms with Crippen LogP contribution in [0.15, 0.2) is 0 Å². The first-order valence-corrected chi connectivity index (χ1v) is 22.5. The number of unbranched alkanes of at least 4 members (excludes halogenated alkanes) is 5. The quantitative estimate of drug-likeness (QED) is 0.0434. The van der Waals surface area contributed by atoms with Gasteiger partial charge in [-0.2, -0.15) is 0 Å². The van der Waals surface area contributed by atoms with Gasteiger partial charge in [-0.1, -0.05) is 107 Å². The molecular formula is C46H76O14. The van der Waals surface area contributed by atoms with Gasteiger partial charge >= 0.3 is 59.1 Å². The molecule has 2 rings (SSSR count). The van der Waals surface area contributed by atoms with Gasteiger partial charge in [-0.05, 0) is 64.2 Å². The molecule has 2 fully saturated rings. The number of carbonyl (C=O) groups is 7. The predicted molar refractivity (Wildman–Crippen MR) is 221 cm³/mol. The Bertz CT molecular complexity index is 1470. The van der Waals surface area contributed by atoms with E-state index < -0.39 is 101 Å². The van der Waals surface area contributed by atoms with Crippen LogP contribution >= 0.6 is 0 Å². The molecule has 2 aliphatic rings. The van der Waals surface area contributed by atoms with Crippen molar-refractivity contribution < 1.29 is 66.7 Å². The molecule has 5 unspecified atom stereocenters.